The topological polar surface area (TPSA) is 75.7 Å². The van der Waals surface area contributed by atoms with Crippen LogP contribution >= 0.6 is 11.6 Å². The summed E-state index contributed by atoms with van der Waals surface area (Å²) in [6, 6.07) is 18.2. The molecule has 1 amide bonds. The molecule has 3 aromatic rings. The number of methoxy groups -OCH3 is 1. The molecule has 0 spiro atoms. The molecule has 0 saturated carbocycles. The third-order valence-electron chi connectivity index (χ3n) is 4.71. The molecule has 0 aliphatic heterocycles. The molecular weight excluding hydrogens is 436 g/mol. The van der Waals surface area contributed by atoms with E-state index in [0.29, 0.717) is 11.4 Å². The third-order valence-corrected chi connectivity index (χ3v) is 6.79. The molecule has 0 aliphatic carbocycles. The SMILES string of the molecule is COc1ccc(N(CC(=O)Nc2cc(C)ccc2C)S(=O)(=O)c2ccccc2)cc1Cl. The number of aryl methyl sites for hydroxylation is 2. The molecule has 0 aliphatic rings. The number of ether oxygens (including phenoxy) is 1. The number of rotatable bonds is 7. The summed E-state index contributed by atoms with van der Waals surface area (Å²) in [6.45, 7) is 3.37. The summed E-state index contributed by atoms with van der Waals surface area (Å²) in [5.74, 6) is -0.0672. The van der Waals surface area contributed by atoms with Gasteiger partial charge in [0.2, 0.25) is 5.91 Å². The van der Waals surface area contributed by atoms with Crippen LogP contribution < -0.4 is 14.4 Å². The molecular formula is C23H23ClN2O4S. The van der Waals surface area contributed by atoms with E-state index in [9.17, 15) is 13.2 Å². The Hall–Kier alpha value is -3.03. The Morgan fingerprint density at radius 2 is 1.74 bits per heavy atom. The molecule has 0 bridgehead atoms. The van der Waals surface area contributed by atoms with Crippen molar-refractivity contribution >= 4 is 38.9 Å². The number of nitrogens with zero attached hydrogens (tertiary/aromatic N) is 1. The molecule has 0 saturated heterocycles. The van der Waals surface area contributed by atoms with Crippen LogP contribution in [0.1, 0.15) is 11.1 Å². The van der Waals surface area contributed by atoms with Crippen LogP contribution in [-0.2, 0) is 14.8 Å². The first-order valence-corrected chi connectivity index (χ1v) is 11.3. The Morgan fingerprint density at radius 1 is 1.03 bits per heavy atom. The molecule has 6 nitrogen and oxygen atoms in total. The number of anilines is 2. The molecule has 0 aromatic heterocycles. The summed E-state index contributed by atoms with van der Waals surface area (Å²) in [5, 5.41) is 3.05. The molecule has 8 heteroatoms. The lowest BCUT2D eigenvalue weighted by atomic mass is 10.1. The predicted octanol–water partition coefficient (Wildman–Crippen LogP) is 4.80. The highest BCUT2D eigenvalue weighted by Gasteiger charge is 2.28. The van der Waals surface area contributed by atoms with Gasteiger partial charge < -0.3 is 10.1 Å². The van der Waals surface area contributed by atoms with Crippen molar-refractivity contribution in [3.8, 4) is 5.75 Å². The first-order chi connectivity index (χ1) is 14.7. The number of hydrogen-bond acceptors (Lipinski definition) is 4. The first-order valence-electron chi connectivity index (χ1n) is 9.51. The van der Waals surface area contributed by atoms with Gasteiger partial charge in [-0.3, -0.25) is 9.10 Å². The van der Waals surface area contributed by atoms with E-state index in [-0.39, 0.29) is 15.6 Å². The summed E-state index contributed by atoms with van der Waals surface area (Å²) in [6.07, 6.45) is 0. The molecule has 3 rings (SSSR count). The van der Waals surface area contributed by atoms with Crippen molar-refractivity contribution in [1.29, 1.82) is 0 Å². The van der Waals surface area contributed by atoms with Gasteiger partial charge in [-0.15, -0.1) is 0 Å². The maximum Gasteiger partial charge on any atom is 0.264 e. The van der Waals surface area contributed by atoms with Crippen LogP contribution in [-0.4, -0.2) is 28.0 Å². The van der Waals surface area contributed by atoms with Crippen LogP contribution in [0.2, 0.25) is 5.02 Å². The molecule has 3 aromatic carbocycles. The monoisotopic (exact) mass is 458 g/mol. The van der Waals surface area contributed by atoms with Crippen LogP contribution in [0.4, 0.5) is 11.4 Å². The van der Waals surface area contributed by atoms with Crippen LogP contribution in [0.25, 0.3) is 0 Å². The highest BCUT2D eigenvalue weighted by molar-refractivity contribution is 7.92. The minimum atomic E-state index is -4.02. The molecule has 0 radical (unpaired) electrons. The van der Waals surface area contributed by atoms with Crippen molar-refractivity contribution in [1.82, 2.24) is 0 Å². The molecule has 0 fully saturated rings. The fourth-order valence-electron chi connectivity index (χ4n) is 3.04. The van der Waals surface area contributed by atoms with Crippen molar-refractivity contribution in [2.45, 2.75) is 18.7 Å². The van der Waals surface area contributed by atoms with Gasteiger partial charge in [-0.25, -0.2) is 8.42 Å². The smallest absolute Gasteiger partial charge is 0.264 e. The van der Waals surface area contributed by atoms with E-state index in [4.69, 9.17) is 16.3 Å². The Balaban J connectivity index is 1.99. The summed E-state index contributed by atoms with van der Waals surface area (Å²) >= 11 is 6.23. The zero-order valence-corrected chi connectivity index (χ0v) is 19.0. The molecule has 0 heterocycles. The van der Waals surface area contributed by atoms with E-state index in [2.05, 4.69) is 5.32 Å². The van der Waals surface area contributed by atoms with Crippen molar-refractivity contribution in [2.24, 2.45) is 0 Å². The standard InChI is InChI=1S/C23H23ClN2O4S/c1-16-9-10-17(2)21(13-16)25-23(27)15-26(18-11-12-22(30-3)20(24)14-18)31(28,29)19-7-5-4-6-8-19/h4-14H,15H2,1-3H3,(H,25,27). The van der Waals surface area contributed by atoms with E-state index < -0.39 is 22.5 Å². The highest BCUT2D eigenvalue weighted by atomic mass is 35.5. The second-order valence-electron chi connectivity index (χ2n) is 7.01. The maximum atomic E-state index is 13.4. The second kappa shape index (κ2) is 9.41. The third kappa shape index (κ3) is 5.18. The minimum absolute atomic E-state index is 0.0708. The van der Waals surface area contributed by atoms with Crippen molar-refractivity contribution in [3.05, 3.63) is 82.9 Å². The fourth-order valence-corrected chi connectivity index (χ4v) is 4.72. The number of carbonyl (C=O) groups excluding carboxylic acids is 1. The van der Waals surface area contributed by atoms with Crippen molar-refractivity contribution in [3.63, 3.8) is 0 Å². The quantitative estimate of drug-likeness (QED) is 0.551. The van der Waals surface area contributed by atoms with Crippen molar-refractivity contribution < 1.29 is 17.9 Å². The Labute approximate surface area is 187 Å². The Morgan fingerprint density at radius 3 is 2.39 bits per heavy atom. The summed E-state index contributed by atoms with van der Waals surface area (Å²) in [4.78, 5) is 12.9. The summed E-state index contributed by atoms with van der Waals surface area (Å²) < 4.78 is 32.9. The predicted molar refractivity (Wildman–Crippen MR) is 124 cm³/mol. The largest absolute Gasteiger partial charge is 0.495 e. The van der Waals surface area contributed by atoms with Crippen LogP contribution in [0, 0.1) is 13.8 Å². The van der Waals surface area contributed by atoms with Gasteiger partial charge in [0.1, 0.15) is 12.3 Å². The molecule has 31 heavy (non-hydrogen) atoms. The number of hydrogen-bond donors (Lipinski definition) is 1. The number of amides is 1. The van der Waals surface area contributed by atoms with E-state index in [1.165, 1.54) is 25.3 Å². The van der Waals surface area contributed by atoms with E-state index in [0.717, 1.165) is 15.4 Å². The van der Waals surface area contributed by atoms with Gasteiger partial charge in [-0.05, 0) is 61.4 Å². The van der Waals surface area contributed by atoms with Crippen LogP contribution in [0.15, 0.2) is 71.6 Å². The fraction of sp³-hybridized carbons (Fsp3) is 0.174. The lowest BCUT2D eigenvalue weighted by Crippen LogP contribution is -2.38. The van der Waals surface area contributed by atoms with E-state index >= 15 is 0 Å². The number of carbonyl (C=O) groups is 1. The van der Waals surface area contributed by atoms with Gasteiger partial charge in [0.15, 0.2) is 0 Å². The maximum absolute atomic E-state index is 13.4. The normalized spacial score (nSPS) is 11.1. The second-order valence-corrected chi connectivity index (χ2v) is 9.28. The lowest BCUT2D eigenvalue weighted by molar-refractivity contribution is -0.114. The van der Waals surface area contributed by atoms with Crippen LogP contribution in [0.5, 0.6) is 5.75 Å². The number of nitrogens with one attached hydrogen (secondary N) is 1. The molecule has 0 unspecified atom stereocenters. The number of sulfonamides is 1. The van der Waals surface area contributed by atoms with Gasteiger partial charge >= 0.3 is 0 Å². The van der Waals surface area contributed by atoms with Gasteiger partial charge in [-0.2, -0.15) is 0 Å². The van der Waals surface area contributed by atoms with Crippen molar-refractivity contribution in [2.75, 3.05) is 23.3 Å². The number of halogens is 1. The zero-order valence-electron chi connectivity index (χ0n) is 17.4. The Bertz CT molecular complexity index is 1200. The van der Waals surface area contributed by atoms with Gasteiger partial charge in [0.25, 0.3) is 10.0 Å². The lowest BCUT2D eigenvalue weighted by Gasteiger charge is -2.25. The molecule has 162 valence electrons. The first kappa shape index (κ1) is 22.7. The van der Waals surface area contributed by atoms with E-state index in [1.807, 2.05) is 32.0 Å². The Kier molecular flexibility index (Phi) is 6.87. The highest BCUT2D eigenvalue weighted by Crippen LogP contribution is 2.32. The van der Waals surface area contributed by atoms with Gasteiger partial charge in [0, 0.05) is 5.69 Å². The molecule has 1 N–H and O–H groups in total. The number of benzene rings is 3. The zero-order chi connectivity index (χ0) is 22.6. The van der Waals surface area contributed by atoms with E-state index in [1.54, 1.807) is 30.3 Å². The average molecular weight is 459 g/mol. The summed E-state index contributed by atoms with van der Waals surface area (Å²) in [7, 11) is -2.55. The molecule has 0 atom stereocenters. The van der Waals surface area contributed by atoms with Gasteiger partial charge in [0.05, 0.1) is 22.7 Å². The average Bonchev–Trinajstić information content (AvgIpc) is 2.75. The van der Waals surface area contributed by atoms with Crippen LogP contribution in [0.3, 0.4) is 0 Å². The van der Waals surface area contributed by atoms with Gasteiger partial charge in [-0.1, -0.05) is 41.9 Å². The minimum Gasteiger partial charge on any atom is -0.495 e. The summed E-state index contributed by atoms with van der Waals surface area (Å²) in [5.41, 5.74) is 2.75.